The van der Waals surface area contributed by atoms with Crippen molar-refractivity contribution < 1.29 is 13.2 Å². The lowest BCUT2D eigenvalue weighted by Gasteiger charge is -2.23. The zero-order valence-electron chi connectivity index (χ0n) is 16.9. The average molecular weight is 508 g/mol. The summed E-state index contributed by atoms with van der Waals surface area (Å²) >= 11 is 13.6. The van der Waals surface area contributed by atoms with Crippen molar-refractivity contribution in [3.63, 3.8) is 0 Å². The number of halogens is 2. The lowest BCUT2D eigenvalue weighted by Crippen LogP contribution is -2.39. The van der Waals surface area contributed by atoms with E-state index in [4.69, 9.17) is 23.2 Å². The molecule has 0 unspecified atom stereocenters. The highest BCUT2D eigenvalue weighted by atomic mass is 35.5. The van der Waals surface area contributed by atoms with Crippen molar-refractivity contribution in [3.8, 4) is 0 Å². The lowest BCUT2D eigenvalue weighted by atomic mass is 10.2. The predicted octanol–water partition coefficient (Wildman–Crippen LogP) is 5.06. The molecule has 10 heteroatoms. The summed E-state index contributed by atoms with van der Waals surface area (Å²) in [4.78, 5) is 13.6. The van der Waals surface area contributed by atoms with Crippen molar-refractivity contribution in [2.24, 2.45) is 5.10 Å². The van der Waals surface area contributed by atoms with Crippen molar-refractivity contribution in [1.82, 2.24) is 5.43 Å². The summed E-state index contributed by atoms with van der Waals surface area (Å²) in [5.41, 5.74) is 3.42. The van der Waals surface area contributed by atoms with Gasteiger partial charge in [0.25, 0.3) is 15.9 Å². The van der Waals surface area contributed by atoms with Gasteiger partial charge in [0.05, 0.1) is 16.8 Å². The summed E-state index contributed by atoms with van der Waals surface area (Å²) in [6.07, 6.45) is 3.46. The Labute approximate surface area is 201 Å². The summed E-state index contributed by atoms with van der Waals surface area (Å²) in [5, 5.41) is 4.67. The number of rotatable bonds is 8. The molecule has 3 aromatic rings. The topological polar surface area (TPSA) is 78.8 Å². The van der Waals surface area contributed by atoms with Crippen LogP contribution in [-0.4, -0.2) is 33.3 Å². The van der Waals surface area contributed by atoms with Gasteiger partial charge in [0.2, 0.25) is 0 Å². The molecule has 0 bridgehead atoms. The number of anilines is 1. The van der Waals surface area contributed by atoms with Crippen LogP contribution < -0.4 is 9.73 Å². The number of hydrogen-bond acceptors (Lipinski definition) is 5. The van der Waals surface area contributed by atoms with E-state index in [9.17, 15) is 13.2 Å². The summed E-state index contributed by atoms with van der Waals surface area (Å²) < 4.78 is 27.5. The standard InChI is InChI=1S/C22H19Cl2N3O3S2/c1-31-20-9-5-16(6-10-20)14-25-26-22(28)15-27(19-4-2-3-18(24)13-19)32(29,30)21-11-7-17(23)8-12-21/h2-14H,15H2,1H3,(H,26,28)/b25-14-. The van der Waals surface area contributed by atoms with Gasteiger partial charge < -0.3 is 0 Å². The normalized spacial score (nSPS) is 11.5. The first-order chi connectivity index (χ1) is 15.3. The maximum absolute atomic E-state index is 13.3. The first kappa shape index (κ1) is 24.1. The molecule has 6 nitrogen and oxygen atoms in total. The van der Waals surface area contributed by atoms with Crippen LogP contribution in [0.5, 0.6) is 0 Å². The van der Waals surface area contributed by atoms with Crippen molar-refractivity contribution in [1.29, 1.82) is 0 Å². The second-order valence-electron chi connectivity index (χ2n) is 6.51. The Morgan fingerprint density at radius 2 is 1.72 bits per heavy atom. The van der Waals surface area contributed by atoms with Crippen LogP contribution in [0.4, 0.5) is 5.69 Å². The lowest BCUT2D eigenvalue weighted by molar-refractivity contribution is -0.119. The molecule has 0 radical (unpaired) electrons. The molecule has 0 aliphatic carbocycles. The van der Waals surface area contributed by atoms with E-state index in [0.29, 0.717) is 10.0 Å². The Hall–Kier alpha value is -2.52. The first-order valence-corrected chi connectivity index (χ1v) is 12.7. The third-order valence-electron chi connectivity index (χ3n) is 4.30. The van der Waals surface area contributed by atoms with Gasteiger partial charge in [-0.15, -0.1) is 11.8 Å². The molecule has 3 aromatic carbocycles. The SMILES string of the molecule is CSc1ccc(/C=N\NC(=O)CN(c2cccc(Cl)c2)S(=O)(=O)c2ccc(Cl)cc2)cc1. The number of benzene rings is 3. The van der Waals surface area contributed by atoms with E-state index in [0.717, 1.165) is 14.8 Å². The van der Waals surface area contributed by atoms with Gasteiger partial charge in [0.1, 0.15) is 6.54 Å². The molecule has 0 aliphatic rings. The van der Waals surface area contributed by atoms with Gasteiger partial charge in [-0.05, 0) is 66.4 Å². The first-order valence-electron chi connectivity index (χ1n) is 9.29. The van der Waals surface area contributed by atoms with Crippen LogP contribution in [0.15, 0.2) is 87.7 Å². The fourth-order valence-corrected chi connectivity index (χ4v) is 4.85. The molecule has 0 heterocycles. The van der Waals surface area contributed by atoms with Gasteiger partial charge in [-0.2, -0.15) is 5.10 Å². The maximum Gasteiger partial charge on any atom is 0.264 e. The van der Waals surface area contributed by atoms with Crippen LogP contribution in [0.25, 0.3) is 0 Å². The van der Waals surface area contributed by atoms with Crippen LogP contribution in [0.2, 0.25) is 10.0 Å². The van der Waals surface area contributed by atoms with Crippen molar-refractivity contribution in [2.45, 2.75) is 9.79 Å². The highest BCUT2D eigenvalue weighted by molar-refractivity contribution is 7.98. The summed E-state index contributed by atoms with van der Waals surface area (Å²) in [7, 11) is -4.07. The van der Waals surface area contributed by atoms with Crippen LogP contribution in [0.1, 0.15) is 5.56 Å². The largest absolute Gasteiger partial charge is 0.271 e. The van der Waals surface area contributed by atoms with Crippen molar-refractivity contribution >= 4 is 62.8 Å². The number of hydrogen-bond donors (Lipinski definition) is 1. The van der Waals surface area contributed by atoms with Crippen LogP contribution in [0, 0.1) is 0 Å². The molecule has 0 aliphatic heterocycles. The molecule has 0 saturated carbocycles. The highest BCUT2D eigenvalue weighted by Crippen LogP contribution is 2.26. The minimum atomic E-state index is -4.07. The molecule has 0 saturated heterocycles. The summed E-state index contributed by atoms with van der Waals surface area (Å²) in [5.74, 6) is -0.612. The van der Waals surface area contributed by atoms with E-state index in [2.05, 4.69) is 10.5 Å². The van der Waals surface area contributed by atoms with E-state index < -0.39 is 22.5 Å². The Kier molecular flexibility index (Phi) is 8.20. The third kappa shape index (κ3) is 6.26. The number of carbonyl (C=O) groups excluding carboxylic acids is 1. The monoisotopic (exact) mass is 507 g/mol. The number of thioether (sulfide) groups is 1. The minimum absolute atomic E-state index is 0.00735. The Morgan fingerprint density at radius 1 is 1.03 bits per heavy atom. The minimum Gasteiger partial charge on any atom is -0.271 e. The van der Waals surface area contributed by atoms with Crippen LogP contribution in [0.3, 0.4) is 0 Å². The maximum atomic E-state index is 13.3. The molecule has 1 N–H and O–H groups in total. The molecule has 0 fully saturated rings. The molecule has 32 heavy (non-hydrogen) atoms. The third-order valence-corrected chi connectivity index (χ3v) is 7.32. The van der Waals surface area contributed by atoms with Gasteiger partial charge in [-0.3, -0.25) is 9.10 Å². The van der Waals surface area contributed by atoms with Gasteiger partial charge >= 0.3 is 0 Å². The van der Waals surface area contributed by atoms with E-state index >= 15 is 0 Å². The number of hydrazone groups is 1. The van der Waals surface area contributed by atoms with Crippen LogP contribution >= 0.6 is 35.0 Å². The molecular weight excluding hydrogens is 489 g/mol. The second kappa shape index (κ2) is 10.9. The molecule has 166 valence electrons. The fourth-order valence-electron chi connectivity index (χ4n) is 2.71. The number of nitrogens with zero attached hydrogens (tertiary/aromatic N) is 2. The Bertz CT molecular complexity index is 1220. The number of amides is 1. The highest BCUT2D eigenvalue weighted by Gasteiger charge is 2.27. The zero-order chi connectivity index (χ0) is 23.1. The molecular formula is C22H19Cl2N3O3S2. The van der Waals surface area contributed by atoms with E-state index in [-0.39, 0.29) is 10.6 Å². The van der Waals surface area contributed by atoms with Crippen molar-refractivity contribution in [3.05, 3.63) is 88.4 Å². The molecule has 3 rings (SSSR count). The van der Waals surface area contributed by atoms with Gasteiger partial charge in [0.15, 0.2) is 0 Å². The van der Waals surface area contributed by atoms with E-state index in [1.807, 2.05) is 30.5 Å². The summed E-state index contributed by atoms with van der Waals surface area (Å²) in [6, 6.07) is 19.6. The Balaban J connectivity index is 1.81. The average Bonchev–Trinajstić information content (AvgIpc) is 2.78. The van der Waals surface area contributed by atoms with Gasteiger partial charge in [0, 0.05) is 14.9 Å². The fraction of sp³-hybridized carbons (Fsp3) is 0.0909. The zero-order valence-corrected chi connectivity index (χ0v) is 20.0. The number of sulfonamides is 1. The quantitative estimate of drug-likeness (QED) is 0.262. The molecule has 1 amide bonds. The van der Waals surface area contributed by atoms with Crippen LogP contribution in [-0.2, 0) is 14.8 Å². The van der Waals surface area contributed by atoms with Crippen molar-refractivity contribution in [2.75, 3.05) is 17.1 Å². The number of carbonyl (C=O) groups is 1. The summed E-state index contributed by atoms with van der Waals surface area (Å²) in [6.45, 7) is -0.492. The molecule has 0 atom stereocenters. The predicted molar refractivity (Wildman–Crippen MR) is 131 cm³/mol. The molecule has 0 aromatic heterocycles. The smallest absolute Gasteiger partial charge is 0.264 e. The second-order valence-corrected chi connectivity index (χ2v) is 10.1. The van der Waals surface area contributed by atoms with E-state index in [1.54, 1.807) is 30.0 Å². The van der Waals surface area contributed by atoms with Gasteiger partial charge in [-0.25, -0.2) is 13.8 Å². The molecule has 0 spiro atoms. The number of nitrogens with one attached hydrogen (secondary N) is 1. The Morgan fingerprint density at radius 3 is 2.34 bits per heavy atom. The van der Waals surface area contributed by atoms with Gasteiger partial charge in [-0.1, -0.05) is 41.4 Å². The van der Waals surface area contributed by atoms with E-state index in [1.165, 1.54) is 36.5 Å².